The lowest BCUT2D eigenvalue weighted by molar-refractivity contribution is -0.143. The van der Waals surface area contributed by atoms with E-state index >= 15 is 0 Å². The molecule has 0 aromatic rings. The molecule has 2 aliphatic heterocycles. The van der Waals surface area contributed by atoms with Crippen molar-refractivity contribution < 1.29 is 23.9 Å². The molecule has 5 atom stereocenters. The van der Waals surface area contributed by atoms with Crippen LogP contribution in [0.25, 0.3) is 0 Å². The summed E-state index contributed by atoms with van der Waals surface area (Å²) in [5.41, 5.74) is 0.490. The molecule has 2 saturated heterocycles. The van der Waals surface area contributed by atoms with E-state index < -0.39 is 34.7 Å². The number of ether oxygens (including phenoxy) is 1. The van der Waals surface area contributed by atoms with Crippen molar-refractivity contribution in [1.29, 1.82) is 0 Å². The second kappa shape index (κ2) is 10.2. The van der Waals surface area contributed by atoms with Gasteiger partial charge < -0.3 is 20.3 Å². The van der Waals surface area contributed by atoms with Crippen molar-refractivity contribution in [3.8, 4) is 0 Å². The summed E-state index contributed by atoms with van der Waals surface area (Å²) in [5, 5.41) is 7.87. The molecule has 0 unspecified atom stereocenters. The first-order chi connectivity index (χ1) is 19.8. The molecule has 4 amide bonds. The van der Waals surface area contributed by atoms with Crippen LogP contribution in [0.3, 0.4) is 0 Å². The van der Waals surface area contributed by atoms with Crippen molar-refractivity contribution in [2.75, 3.05) is 19.6 Å². The Kier molecular flexibility index (Phi) is 7.55. The van der Waals surface area contributed by atoms with E-state index in [-0.39, 0.29) is 39.9 Å². The highest BCUT2D eigenvalue weighted by Crippen LogP contribution is 2.88. The smallest absolute Gasteiger partial charge is 0.408 e. The molecule has 3 saturated carbocycles. The standard InChI is InChI=1S/C33H53N5O5/c1-10-21-18-33(21,26(41)36-37-16-11-12-17-37)35-24(39)22-19-32(30(8,9)31(32)14-13-15-31)20-38(22)25(40)23(28(2,3)4)34-27(42)43-29(5,6)7/h10,21-23H,1,11-20H2,2-9H3,(H,34,42)(H,35,39)(H,36,41)/t21-,22+,23-,32-,33-/m1/s1. The quantitative estimate of drug-likeness (QED) is 0.382. The van der Waals surface area contributed by atoms with Crippen LogP contribution in [0.2, 0.25) is 0 Å². The average Bonchev–Trinajstić information content (AvgIpc) is 3.35. The van der Waals surface area contributed by atoms with Crippen LogP contribution < -0.4 is 16.1 Å². The van der Waals surface area contributed by atoms with Crippen molar-refractivity contribution in [2.24, 2.45) is 27.6 Å². The molecule has 10 heteroatoms. The monoisotopic (exact) mass is 599 g/mol. The predicted molar refractivity (Wildman–Crippen MR) is 163 cm³/mol. The number of rotatable bonds is 7. The van der Waals surface area contributed by atoms with Gasteiger partial charge in [-0.25, -0.2) is 9.80 Å². The molecule has 5 rings (SSSR count). The summed E-state index contributed by atoms with van der Waals surface area (Å²) in [4.78, 5) is 56.9. The normalized spacial score (nSPS) is 33.0. The Balaban J connectivity index is 1.42. The lowest BCUT2D eigenvalue weighted by Crippen LogP contribution is -2.60. The Bertz CT molecular complexity index is 1190. The van der Waals surface area contributed by atoms with E-state index in [4.69, 9.17) is 4.74 Å². The molecule has 2 spiro atoms. The van der Waals surface area contributed by atoms with E-state index in [1.165, 1.54) is 0 Å². The highest BCUT2D eigenvalue weighted by Gasteiger charge is 2.85. The van der Waals surface area contributed by atoms with Gasteiger partial charge >= 0.3 is 6.09 Å². The minimum Gasteiger partial charge on any atom is -0.444 e. The van der Waals surface area contributed by atoms with Gasteiger partial charge in [0.2, 0.25) is 11.8 Å². The third kappa shape index (κ3) is 5.05. The van der Waals surface area contributed by atoms with Gasteiger partial charge in [-0.2, -0.15) is 0 Å². The fraction of sp³-hybridized carbons (Fsp3) is 0.818. The molecule has 240 valence electrons. The second-order valence-corrected chi connectivity index (χ2v) is 16.4. The molecule has 0 radical (unpaired) electrons. The van der Waals surface area contributed by atoms with Gasteiger partial charge in [-0.1, -0.05) is 47.1 Å². The Morgan fingerprint density at radius 3 is 2.05 bits per heavy atom. The molecule has 43 heavy (non-hydrogen) atoms. The zero-order valence-corrected chi connectivity index (χ0v) is 27.5. The van der Waals surface area contributed by atoms with Gasteiger partial charge in [0.1, 0.15) is 23.2 Å². The van der Waals surface area contributed by atoms with E-state index in [2.05, 4.69) is 36.5 Å². The van der Waals surface area contributed by atoms with Crippen LogP contribution in [-0.2, 0) is 19.1 Å². The number of likely N-dealkylation sites (tertiary alicyclic amines) is 1. The first kappa shape index (κ1) is 31.8. The molecule has 3 N–H and O–H groups in total. The Labute approximate surface area is 257 Å². The number of carbonyl (C=O) groups excluding carboxylic acids is 4. The maximum absolute atomic E-state index is 14.5. The number of nitrogens with one attached hydrogen (secondary N) is 3. The summed E-state index contributed by atoms with van der Waals surface area (Å²) in [5.74, 6) is -1.00. The minimum atomic E-state index is -1.07. The molecular weight excluding hydrogens is 546 g/mol. The van der Waals surface area contributed by atoms with Crippen LogP contribution >= 0.6 is 0 Å². The fourth-order valence-corrected chi connectivity index (χ4v) is 8.71. The first-order valence-electron chi connectivity index (χ1n) is 16.1. The second-order valence-electron chi connectivity index (χ2n) is 16.4. The van der Waals surface area contributed by atoms with E-state index in [1.54, 1.807) is 31.7 Å². The van der Waals surface area contributed by atoms with Crippen LogP contribution in [0, 0.1) is 27.6 Å². The van der Waals surface area contributed by atoms with Crippen LogP contribution in [0.4, 0.5) is 4.79 Å². The molecule has 0 aromatic carbocycles. The molecule has 0 bridgehead atoms. The van der Waals surface area contributed by atoms with Gasteiger partial charge in [0.05, 0.1) is 0 Å². The molecule has 10 nitrogen and oxygen atoms in total. The van der Waals surface area contributed by atoms with Crippen molar-refractivity contribution in [3.05, 3.63) is 12.7 Å². The Hall–Kier alpha value is -2.62. The summed E-state index contributed by atoms with van der Waals surface area (Å²) >= 11 is 0. The van der Waals surface area contributed by atoms with Crippen molar-refractivity contribution in [1.82, 2.24) is 26.0 Å². The number of carbonyl (C=O) groups is 4. The third-order valence-electron chi connectivity index (χ3n) is 11.6. The number of alkyl carbamates (subject to hydrolysis) is 1. The van der Waals surface area contributed by atoms with Crippen molar-refractivity contribution in [2.45, 2.75) is 124 Å². The maximum Gasteiger partial charge on any atom is 0.408 e. The average molecular weight is 600 g/mol. The summed E-state index contributed by atoms with van der Waals surface area (Å²) < 4.78 is 5.52. The van der Waals surface area contributed by atoms with E-state index in [1.807, 2.05) is 25.8 Å². The maximum atomic E-state index is 14.5. The van der Waals surface area contributed by atoms with Crippen LogP contribution in [0.5, 0.6) is 0 Å². The van der Waals surface area contributed by atoms with Crippen LogP contribution in [0.15, 0.2) is 12.7 Å². The summed E-state index contributed by atoms with van der Waals surface area (Å²) in [7, 11) is 0. The highest BCUT2D eigenvalue weighted by molar-refractivity contribution is 5.98. The predicted octanol–water partition coefficient (Wildman–Crippen LogP) is 3.91. The van der Waals surface area contributed by atoms with Crippen molar-refractivity contribution in [3.63, 3.8) is 0 Å². The molecule has 5 aliphatic rings. The number of nitrogens with zero attached hydrogens (tertiary/aromatic N) is 2. The zero-order chi connectivity index (χ0) is 31.8. The number of hydrazine groups is 1. The zero-order valence-electron chi connectivity index (χ0n) is 27.5. The summed E-state index contributed by atoms with van der Waals surface area (Å²) in [6.45, 7) is 21.5. The van der Waals surface area contributed by atoms with Gasteiger partial charge in [0.25, 0.3) is 5.91 Å². The summed E-state index contributed by atoms with van der Waals surface area (Å²) in [6, 6.07) is -1.65. The summed E-state index contributed by atoms with van der Waals surface area (Å²) in [6.07, 6.45) is 7.48. The number of fused-ring (bicyclic) bond motifs is 1. The molecule has 5 fully saturated rings. The Morgan fingerprint density at radius 2 is 1.58 bits per heavy atom. The SMILES string of the molecule is C=C[C@@H]1C[C@]1(NC(=O)[C@@H]1C[C@@]2(CN1C(=O)[C@@H](NC(=O)OC(C)(C)C)C(C)(C)C)C(C)(C)C21CCC1)C(=O)NN1CCCC1. The molecule has 2 heterocycles. The number of hydrogen-bond acceptors (Lipinski definition) is 6. The van der Waals surface area contributed by atoms with Gasteiger partial charge in [-0.3, -0.25) is 19.8 Å². The molecular formula is C33H53N5O5. The fourth-order valence-electron chi connectivity index (χ4n) is 8.71. The highest BCUT2D eigenvalue weighted by atomic mass is 16.6. The largest absolute Gasteiger partial charge is 0.444 e. The molecule has 3 aliphatic carbocycles. The van der Waals surface area contributed by atoms with E-state index in [0.717, 1.165) is 45.2 Å². The lowest BCUT2D eigenvalue weighted by atomic mass is 9.73. The third-order valence-corrected chi connectivity index (χ3v) is 11.6. The van der Waals surface area contributed by atoms with Crippen LogP contribution in [0.1, 0.15) is 100 Å². The molecule has 0 aromatic heterocycles. The Morgan fingerprint density at radius 1 is 0.953 bits per heavy atom. The van der Waals surface area contributed by atoms with Crippen molar-refractivity contribution >= 4 is 23.8 Å². The number of amides is 4. The minimum absolute atomic E-state index is 0.0182. The topological polar surface area (TPSA) is 120 Å². The van der Waals surface area contributed by atoms with Crippen LogP contribution in [-0.4, -0.2) is 76.6 Å². The lowest BCUT2D eigenvalue weighted by Gasteiger charge is -2.36. The van der Waals surface area contributed by atoms with E-state index in [0.29, 0.717) is 19.4 Å². The van der Waals surface area contributed by atoms with Gasteiger partial charge in [-0.05, 0) is 75.5 Å². The van der Waals surface area contributed by atoms with E-state index in [9.17, 15) is 19.2 Å². The van der Waals surface area contributed by atoms with Gasteiger partial charge in [0.15, 0.2) is 0 Å². The van der Waals surface area contributed by atoms with Gasteiger partial charge in [-0.15, -0.1) is 6.58 Å². The first-order valence-corrected chi connectivity index (χ1v) is 16.1. The number of hydrogen-bond donors (Lipinski definition) is 3. The van der Waals surface area contributed by atoms with Gasteiger partial charge in [0, 0.05) is 31.0 Å².